The van der Waals surface area contributed by atoms with E-state index in [0.717, 1.165) is 6.42 Å². The maximum absolute atomic E-state index is 11.9. The highest BCUT2D eigenvalue weighted by molar-refractivity contribution is 5.91. The first-order valence-corrected chi connectivity index (χ1v) is 5.57. The van der Waals surface area contributed by atoms with Gasteiger partial charge in [-0.1, -0.05) is 32.9 Å². The van der Waals surface area contributed by atoms with E-state index < -0.39 is 6.04 Å². The van der Waals surface area contributed by atoms with Gasteiger partial charge in [0.25, 0.3) is 0 Å². The van der Waals surface area contributed by atoms with Gasteiger partial charge >= 0.3 is 0 Å². The number of nitrogens with one attached hydrogen (secondary N) is 1. The van der Waals surface area contributed by atoms with Crippen molar-refractivity contribution >= 4 is 11.7 Å². The zero-order valence-corrected chi connectivity index (χ0v) is 10.3. The van der Waals surface area contributed by atoms with Crippen LogP contribution in [0.1, 0.15) is 34.1 Å². The lowest BCUT2D eigenvalue weighted by Crippen LogP contribution is -2.48. The Bertz CT molecular complexity index is 310. The fraction of sp³-hybridized carbons (Fsp3) is 0.818. The number of carbonyl (C=O) groups is 1. The van der Waals surface area contributed by atoms with Gasteiger partial charge in [-0.15, -0.1) is 0 Å². The van der Waals surface area contributed by atoms with Crippen molar-refractivity contribution in [2.45, 2.75) is 40.2 Å². The van der Waals surface area contributed by atoms with E-state index in [1.54, 1.807) is 0 Å². The number of nitrogens with zero attached hydrogens (tertiary/aromatic N) is 1. The Morgan fingerprint density at radius 3 is 2.38 bits per heavy atom. The predicted molar refractivity (Wildman–Crippen MR) is 62.1 cm³/mol. The summed E-state index contributed by atoms with van der Waals surface area (Å²) in [7, 11) is 0. The summed E-state index contributed by atoms with van der Waals surface area (Å²) in [6.07, 6.45) is 0.903. The molecule has 92 valence electrons. The van der Waals surface area contributed by atoms with Crippen molar-refractivity contribution in [3.8, 4) is 0 Å². The van der Waals surface area contributed by atoms with Crippen LogP contribution in [0.5, 0.6) is 0 Å². The van der Waals surface area contributed by atoms with E-state index in [4.69, 9.17) is 10.9 Å². The molecule has 0 aliphatic heterocycles. The molecule has 0 bridgehead atoms. The van der Waals surface area contributed by atoms with Crippen molar-refractivity contribution in [3.63, 3.8) is 0 Å². The number of amides is 1. The topological polar surface area (TPSA) is 87.7 Å². The molecule has 1 aliphatic carbocycles. The minimum Gasteiger partial charge on any atom is -0.409 e. The summed E-state index contributed by atoms with van der Waals surface area (Å²) in [4.78, 5) is 11.9. The molecule has 2 atom stereocenters. The summed E-state index contributed by atoms with van der Waals surface area (Å²) >= 11 is 0. The van der Waals surface area contributed by atoms with Crippen molar-refractivity contribution in [1.82, 2.24) is 5.32 Å². The second-order valence-corrected chi connectivity index (χ2v) is 5.50. The molecule has 0 radical (unpaired) electrons. The average Bonchev–Trinajstić information content (AvgIpc) is 2.82. The van der Waals surface area contributed by atoms with Gasteiger partial charge in [0.2, 0.25) is 5.91 Å². The molecule has 0 aromatic heterocycles. The van der Waals surface area contributed by atoms with Crippen molar-refractivity contribution < 1.29 is 10.0 Å². The lowest BCUT2D eigenvalue weighted by Gasteiger charge is -2.21. The van der Waals surface area contributed by atoms with Crippen LogP contribution in [0.15, 0.2) is 5.16 Å². The van der Waals surface area contributed by atoms with Crippen LogP contribution in [-0.2, 0) is 4.79 Å². The van der Waals surface area contributed by atoms with E-state index in [-0.39, 0.29) is 29.0 Å². The van der Waals surface area contributed by atoms with Crippen LogP contribution in [0.4, 0.5) is 0 Å². The molecule has 1 fully saturated rings. The standard InChI is InChI=1S/C11H21N3O2/c1-6(2)8(9(12)14-16)13-10(15)7-5-11(7,3)4/h6-8,16H,5H2,1-4H3,(H2,12,14)(H,13,15). The van der Waals surface area contributed by atoms with E-state index in [1.165, 1.54) is 0 Å². The average molecular weight is 227 g/mol. The molecule has 4 N–H and O–H groups in total. The van der Waals surface area contributed by atoms with Gasteiger partial charge in [-0.05, 0) is 17.8 Å². The van der Waals surface area contributed by atoms with Gasteiger partial charge in [-0.3, -0.25) is 4.79 Å². The molecule has 1 rings (SSSR count). The first kappa shape index (κ1) is 12.8. The van der Waals surface area contributed by atoms with Crippen LogP contribution < -0.4 is 11.1 Å². The van der Waals surface area contributed by atoms with Crippen molar-refractivity contribution in [2.75, 3.05) is 0 Å². The molecule has 0 heterocycles. The van der Waals surface area contributed by atoms with Crippen LogP contribution in [0.3, 0.4) is 0 Å². The summed E-state index contributed by atoms with van der Waals surface area (Å²) < 4.78 is 0. The minimum absolute atomic E-state index is 0.00435. The van der Waals surface area contributed by atoms with Gasteiger partial charge in [-0.2, -0.15) is 0 Å². The normalized spacial score (nSPS) is 25.3. The zero-order valence-electron chi connectivity index (χ0n) is 10.3. The van der Waals surface area contributed by atoms with E-state index >= 15 is 0 Å². The lowest BCUT2D eigenvalue weighted by molar-refractivity contribution is -0.123. The molecule has 0 spiro atoms. The Hall–Kier alpha value is -1.26. The smallest absolute Gasteiger partial charge is 0.224 e. The minimum atomic E-state index is -0.395. The summed E-state index contributed by atoms with van der Waals surface area (Å²) in [5.74, 6) is 0.207. The molecular formula is C11H21N3O2. The van der Waals surface area contributed by atoms with Crippen LogP contribution in [0, 0.1) is 17.3 Å². The highest BCUT2D eigenvalue weighted by Gasteiger charge is 2.51. The van der Waals surface area contributed by atoms with Crippen molar-refractivity contribution in [1.29, 1.82) is 0 Å². The third kappa shape index (κ3) is 2.65. The zero-order chi connectivity index (χ0) is 12.5. The third-order valence-electron chi connectivity index (χ3n) is 3.23. The summed E-state index contributed by atoms with van der Waals surface area (Å²) in [6.45, 7) is 7.96. The van der Waals surface area contributed by atoms with Gasteiger partial charge in [0.1, 0.15) is 0 Å². The quantitative estimate of drug-likeness (QED) is 0.289. The first-order chi connectivity index (χ1) is 7.29. The fourth-order valence-corrected chi connectivity index (χ4v) is 1.81. The Morgan fingerprint density at radius 2 is 2.06 bits per heavy atom. The van der Waals surface area contributed by atoms with Crippen molar-refractivity contribution in [3.05, 3.63) is 0 Å². The summed E-state index contributed by atoms with van der Waals surface area (Å²) in [6, 6.07) is -0.395. The fourth-order valence-electron chi connectivity index (χ4n) is 1.81. The molecule has 0 aromatic rings. The van der Waals surface area contributed by atoms with Crippen LogP contribution in [0.2, 0.25) is 0 Å². The molecule has 1 aliphatic rings. The highest BCUT2D eigenvalue weighted by Crippen LogP contribution is 2.51. The summed E-state index contributed by atoms with van der Waals surface area (Å²) in [5.41, 5.74) is 5.63. The molecule has 2 unspecified atom stereocenters. The van der Waals surface area contributed by atoms with E-state index in [9.17, 15) is 4.79 Å². The number of nitrogens with two attached hydrogens (primary N) is 1. The van der Waals surface area contributed by atoms with E-state index in [0.29, 0.717) is 0 Å². The largest absolute Gasteiger partial charge is 0.409 e. The Kier molecular flexibility index (Phi) is 3.45. The number of amidine groups is 1. The lowest BCUT2D eigenvalue weighted by atomic mass is 10.0. The Morgan fingerprint density at radius 1 is 1.56 bits per heavy atom. The monoisotopic (exact) mass is 227 g/mol. The van der Waals surface area contributed by atoms with Crippen LogP contribution in [0.25, 0.3) is 0 Å². The number of hydrogen-bond acceptors (Lipinski definition) is 3. The molecular weight excluding hydrogens is 206 g/mol. The molecule has 1 amide bonds. The second-order valence-electron chi connectivity index (χ2n) is 5.50. The molecule has 0 aromatic carbocycles. The maximum atomic E-state index is 11.9. The van der Waals surface area contributed by atoms with E-state index in [1.807, 2.05) is 13.8 Å². The first-order valence-electron chi connectivity index (χ1n) is 5.57. The van der Waals surface area contributed by atoms with Crippen LogP contribution >= 0.6 is 0 Å². The highest BCUT2D eigenvalue weighted by atomic mass is 16.4. The Balaban J connectivity index is 2.60. The molecule has 16 heavy (non-hydrogen) atoms. The number of oxime groups is 1. The molecule has 0 saturated heterocycles. The number of rotatable bonds is 4. The number of hydrogen-bond donors (Lipinski definition) is 3. The van der Waals surface area contributed by atoms with Crippen molar-refractivity contribution in [2.24, 2.45) is 28.1 Å². The Labute approximate surface area is 96.1 Å². The third-order valence-corrected chi connectivity index (χ3v) is 3.23. The molecule has 5 nitrogen and oxygen atoms in total. The molecule has 5 heteroatoms. The summed E-state index contributed by atoms with van der Waals surface area (Å²) in [5, 5.41) is 14.4. The maximum Gasteiger partial charge on any atom is 0.224 e. The van der Waals surface area contributed by atoms with Gasteiger partial charge in [0, 0.05) is 5.92 Å². The SMILES string of the molecule is CC(C)C(NC(=O)C1CC1(C)C)C(N)=NO. The van der Waals surface area contributed by atoms with E-state index in [2.05, 4.69) is 24.3 Å². The van der Waals surface area contributed by atoms with Crippen LogP contribution in [-0.4, -0.2) is 23.0 Å². The number of carbonyl (C=O) groups excluding carboxylic acids is 1. The van der Waals surface area contributed by atoms with Gasteiger partial charge in [-0.25, -0.2) is 0 Å². The second kappa shape index (κ2) is 4.31. The van der Waals surface area contributed by atoms with Gasteiger partial charge < -0.3 is 16.3 Å². The molecule has 1 saturated carbocycles. The predicted octanol–water partition coefficient (Wildman–Crippen LogP) is 0.920. The van der Waals surface area contributed by atoms with Gasteiger partial charge in [0.15, 0.2) is 5.84 Å². The van der Waals surface area contributed by atoms with Gasteiger partial charge in [0.05, 0.1) is 6.04 Å².